The zero-order valence-electron chi connectivity index (χ0n) is 17.7. The molecule has 0 N–H and O–H groups in total. The molecule has 1 aliphatic rings. The normalized spacial score (nSPS) is 14.4. The van der Waals surface area contributed by atoms with Gasteiger partial charge in [0.05, 0.1) is 0 Å². The fraction of sp³-hybridized carbons (Fsp3) is 0.417. The summed E-state index contributed by atoms with van der Waals surface area (Å²) in [7, 11) is 0. The third kappa shape index (κ3) is 6.23. The molecule has 0 aromatic heterocycles. The van der Waals surface area contributed by atoms with Crippen molar-refractivity contribution >= 4 is 23.4 Å². The van der Waals surface area contributed by atoms with Gasteiger partial charge >= 0.3 is 0 Å². The number of hydrogen-bond donors (Lipinski definition) is 0. The van der Waals surface area contributed by atoms with Crippen molar-refractivity contribution in [3.05, 3.63) is 64.2 Å². The summed E-state index contributed by atoms with van der Waals surface area (Å²) >= 11 is 5.91. The van der Waals surface area contributed by atoms with E-state index in [1.165, 1.54) is 5.56 Å². The largest absolute Gasteiger partial charge is 0.484 e. The number of amides is 2. The van der Waals surface area contributed by atoms with Crippen molar-refractivity contribution in [1.29, 1.82) is 0 Å². The third-order valence-corrected chi connectivity index (χ3v) is 5.83. The van der Waals surface area contributed by atoms with E-state index in [-0.39, 0.29) is 18.4 Å². The summed E-state index contributed by atoms with van der Waals surface area (Å²) in [5.74, 6) is 0.801. The lowest BCUT2D eigenvalue weighted by Crippen LogP contribution is -2.39. The van der Waals surface area contributed by atoms with Crippen LogP contribution in [0.5, 0.6) is 5.75 Å². The first-order valence-corrected chi connectivity index (χ1v) is 10.8. The van der Waals surface area contributed by atoms with E-state index in [1.54, 1.807) is 4.90 Å². The highest BCUT2D eigenvalue weighted by molar-refractivity contribution is 6.30. The number of halogens is 1. The molecule has 0 spiro atoms. The number of rotatable bonds is 6. The van der Waals surface area contributed by atoms with E-state index in [2.05, 4.69) is 0 Å². The lowest BCUT2D eigenvalue weighted by molar-refractivity contribution is -0.134. The molecule has 0 radical (unpaired) electrons. The zero-order chi connectivity index (χ0) is 21.5. The molecular weight excluding hydrogens is 400 g/mol. The molecular formula is C24H29ClN2O3. The second-order valence-corrected chi connectivity index (χ2v) is 8.21. The lowest BCUT2D eigenvalue weighted by atomic mass is 10.1. The van der Waals surface area contributed by atoms with Gasteiger partial charge in [0, 0.05) is 37.6 Å². The van der Waals surface area contributed by atoms with Gasteiger partial charge in [-0.25, -0.2) is 0 Å². The molecule has 1 heterocycles. The molecule has 3 rings (SSSR count). The Morgan fingerprint density at radius 1 is 0.900 bits per heavy atom. The minimum atomic E-state index is -0.0382. The standard InChI is InChI=1S/C24H29ClN2O3/c1-18-4-10-22(16-19(18)2)30-17-24(29)27-13-3-12-26(14-15-27)23(28)11-7-20-5-8-21(25)9-6-20/h4-6,8-10,16H,3,7,11-15,17H2,1-2H3. The van der Waals surface area contributed by atoms with Crippen molar-refractivity contribution < 1.29 is 14.3 Å². The topological polar surface area (TPSA) is 49.9 Å². The van der Waals surface area contributed by atoms with Gasteiger partial charge in [-0.05, 0) is 67.6 Å². The van der Waals surface area contributed by atoms with Crippen LogP contribution in [0.2, 0.25) is 5.02 Å². The van der Waals surface area contributed by atoms with Crippen molar-refractivity contribution in [2.45, 2.75) is 33.1 Å². The Labute approximate surface area is 183 Å². The SMILES string of the molecule is Cc1ccc(OCC(=O)N2CCCN(C(=O)CCc3ccc(Cl)cc3)CC2)cc1C. The highest BCUT2D eigenvalue weighted by Crippen LogP contribution is 2.17. The smallest absolute Gasteiger partial charge is 0.260 e. The van der Waals surface area contributed by atoms with E-state index in [0.717, 1.165) is 17.5 Å². The average Bonchev–Trinajstić information content (AvgIpc) is 3.00. The first-order chi connectivity index (χ1) is 14.4. The van der Waals surface area contributed by atoms with Crippen molar-refractivity contribution in [3.63, 3.8) is 0 Å². The van der Waals surface area contributed by atoms with Crippen LogP contribution >= 0.6 is 11.6 Å². The Kier molecular flexibility index (Phi) is 7.75. The van der Waals surface area contributed by atoms with Crippen LogP contribution < -0.4 is 4.74 Å². The molecule has 0 saturated carbocycles. The van der Waals surface area contributed by atoms with Gasteiger partial charge in [-0.15, -0.1) is 0 Å². The Bertz CT molecular complexity index is 883. The molecule has 0 aliphatic carbocycles. The lowest BCUT2D eigenvalue weighted by Gasteiger charge is -2.22. The Balaban J connectivity index is 1.45. The summed E-state index contributed by atoms with van der Waals surface area (Å²) in [6.45, 7) is 6.53. The molecule has 160 valence electrons. The maximum atomic E-state index is 12.6. The van der Waals surface area contributed by atoms with E-state index in [9.17, 15) is 9.59 Å². The average molecular weight is 429 g/mol. The van der Waals surface area contributed by atoms with Crippen molar-refractivity contribution in [2.75, 3.05) is 32.8 Å². The first-order valence-electron chi connectivity index (χ1n) is 10.4. The van der Waals surface area contributed by atoms with Crippen molar-refractivity contribution in [1.82, 2.24) is 9.80 Å². The number of nitrogens with zero attached hydrogens (tertiary/aromatic N) is 2. The van der Waals surface area contributed by atoms with E-state index in [4.69, 9.17) is 16.3 Å². The number of benzene rings is 2. The van der Waals surface area contributed by atoms with Crippen molar-refractivity contribution in [3.8, 4) is 5.75 Å². The number of aryl methyl sites for hydroxylation is 3. The van der Waals surface area contributed by atoms with Gasteiger partial charge in [0.15, 0.2) is 6.61 Å². The molecule has 2 amide bonds. The monoisotopic (exact) mass is 428 g/mol. The molecule has 0 unspecified atom stereocenters. The highest BCUT2D eigenvalue weighted by Gasteiger charge is 2.22. The Morgan fingerprint density at radius 2 is 1.57 bits per heavy atom. The van der Waals surface area contributed by atoms with Gasteiger partial charge in [-0.3, -0.25) is 9.59 Å². The predicted molar refractivity (Wildman–Crippen MR) is 119 cm³/mol. The van der Waals surface area contributed by atoms with E-state index < -0.39 is 0 Å². The van der Waals surface area contributed by atoms with Crippen LogP contribution in [-0.4, -0.2) is 54.4 Å². The molecule has 0 bridgehead atoms. The molecule has 6 heteroatoms. The van der Waals surface area contributed by atoms with Crippen LogP contribution in [-0.2, 0) is 16.0 Å². The Morgan fingerprint density at radius 3 is 2.23 bits per heavy atom. The number of hydrogen-bond acceptors (Lipinski definition) is 3. The number of carbonyl (C=O) groups is 2. The van der Waals surface area contributed by atoms with Gasteiger partial charge in [0.1, 0.15) is 5.75 Å². The summed E-state index contributed by atoms with van der Waals surface area (Å²) in [6, 6.07) is 13.4. The summed E-state index contributed by atoms with van der Waals surface area (Å²) < 4.78 is 5.69. The van der Waals surface area contributed by atoms with Gasteiger partial charge in [-0.2, -0.15) is 0 Å². The Hall–Kier alpha value is -2.53. The molecule has 30 heavy (non-hydrogen) atoms. The summed E-state index contributed by atoms with van der Waals surface area (Å²) in [4.78, 5) is 28.9. The predicted octanol–water partition coefficient (Wildman–Crippen LogP) is 4.03. The van der Waals surface area contributed by atoms with Gasteiger partial charge in [0.2, 0.25) is 5.91 Å². The molecule has 1 fully saturated rings. The first kappa shape index (κ1) is 22.2. The molecule has 1 saturated heterocycles. The molecule has 2 aromatic carbocycles. The number of ether oxygens (including phenoxy) is 1. The maximum Gasteiger partial charge on any atom is 0.260 e. The van der Waals surface area contributed by atoms with Crippen molar-refractivity contribution in [2.24, 2.45) is 0 Å². The van der Waals surface area contributed by atoms with Gasteiger partial charge in [-0.1, -0.05) is 29.8 Å². The second kappa shape index (κ2) is 10.5. The minimum Gasteiger partial charge on any atom is -0.484 e. The summed E-state index contributed by atoms with van der Waals surface area (Å²) in [6.07, 6.45) is 1.94. The molecule has 0 atom stereocenters. The van der Waals surface area contributed by atoms with Crippen LogP contribution in [0.15, 0.2) is 42.5 Å². The van der Waals surface area contributed by atoms with E-state index >= 15 is 0 Å². The zero-order valence-corrected chi connectivity index (χ0v) is 18.5. The van der Waals surface area contributed by atoms with Crippen LogP contribution in [0, 0.1) is 13.8 Å². The third-order valence-electron chi connectivity index (χ3n) is 5.58. The maximum absolute atomic E-state index is 12.6. The minimum absolute atomic E-state index is 0.0208. The quantitative estimate of drug-likeness (QED) is 0.698. The van der Waals surface area contributed by atoms with Gasteiger partial charge in [0.25, 0.3) is 5.91 Å². The molecule has 5 nitrogen and oxygen atoms in total. The van der Waals surface area contributed by atoms with E-state index in [0.29, 0.717) is 49.8 Å². The van der Waals surface area contributed by atoms with Crippen LogP contribution in [0.4, 0.5) is 0 Å². The van der Waals surface area contributed by atoms with Crippen LogP contribution in [0.3, 0.4) is 0 Å². The highest BCUT2D eigenvalue weighted by atomic mass is 35.5. The molecule has 1 aliphatic heterocycles. The fourth-order valence-corrected chi connectivity index (χ4v) is 3.64. The van der Waals surface area contributed by atoms with Crippen LogP contribution in [0.1, 0.15) is 29.5 Å². The van der Waals surface area contributed by atoms with E-state index in [1.807, 2.05) is 61.2 Å². The number of carbonyl (C=O) groups excluding carboxylic acids is 2. The van der Waals surface area contributed by atoms with Crippen LogP contribution in [0.25, 0.3) is 0 Å². The fourth-order valence-electron chi connectivity index (χ4n) is 3.52. The second-order valence-electron chi connectivity index (χ2n) is 7.78. The molecule has 2 aromatic rings. The summed E-state index contributed by atoms with van der Waals surface area (Å²) in [5, 5.41) is 0.698. The van der Waals surface area contributed by atoms with Gasteiger partial charge < -0.3 is 14.5 Å². The summed E-state index contributed by atoms with van der Waals surface area (Å²) in [5.41, 5.74) is 3.44.